The summed E-state index contributed by atoms with van der Waals surface area (Å²) in [7, 11) is 0. The number of nitrogens with zero attached hydrogens (tertiary/aromatic N) is 1. The monoisotopic (exact) mass is 299 g/mol. The Morgan fingerprint density at radius 2 is 1.52 bits per heavy atom. The summed E-state index contributed by atoms with van der Waals surface area (Å²) in [5.41, 5.74) is 6.88. The summed E-state index contributed by atoms with van der Waals surface area (Å²) in [6.45, 7) is 3.29. The van der Waals surface area contributed by atoms with E-state index in [9.17, 15) is 0 Å². The summed E-state index contributed by atoms with van der Waals surface area (Å²) >= 11 is 0. The molecule has 1 atom stereocenters. The predicted molar refractivity (Wildman–Crippen MR) is 97.7 cm³/mol. The largest absolute Gasteiger partial charge is 0.364 e. The van der Waals surface area contributed by atoms with Gasteiger partial charge in [-0.2, -0.15) is 0 Å². The van der Waals surface area contributed by atoms with Crippen molar-refractivity contribution in [2.75, 3.05) is 4.90 Å². The van der Waals surface area contributed by atoms with Crippen molar-refractivity contribution in [1.82, 2.24) is 0 Å². The molecule has 1 nitrogen and oxygen atoms in total. The first kappa shape index (κ1) is 14.1. The summed E-state index contributed by atoms with van der Waals surface area (Å²) in [4.78, 5) is 2.54. The fourth-order valence-corrected chi connectivity index (χ4v) is 3.61. The van der Waals surface area contributed by atoms with E-state index >= 15 is 0 Å². The van der Waals surface area contributed by atoms with Crippen molar-refractivity contribution in [3.63, 3.8) is 0 Å². The Hall–Kier alpha value is -2.54. The molecule has 0 radical (unpaired) electrons. The van der Waals surface area contributed by atoms with Crippen LogP contribution in [0.4, 0.5) is 5.69 Å². The number of fused-ring (bicyclic) bond motifs is 1. The first-order valence-electron chi connectivity index (χ1n) is 8.31. The Labute approximate surface area is 138 Å². The fraction of sp³-hybridized carbons (Fsp3) is 0.182. The molecule has 1 unspecified atom stereocenters. The van der Waals surface area contributed by atoms with Crippen LogP contribution in [0.1, 0.15) is 18.1 Å². The summed E-state index contributed by atoms with van der Waals surface area (Å²) in [6.07, 6.45) is 1.14. The molecule has 114 valence electrons. The molecule has 0 N–H and O–H groups in total. The second-order valence-electron chi connectivity index (χ2n) is 6.33. The summed E-state index contributed by atoms with van der Waals surface area (Å²) in [5.74, 6) is 0. The zero-order chi connectivity index (χ0) is 15.6. The van der Waals surface area contributed by atoms with Gasteiger partial charge in [0.2, 0.25) is 0 Å². The van der Waals surface area contributed by atoms with Gasteiger partial charge in [-0.1, -0.05) is 72.8 Å². The highest BCUT2D eigenvalue weighted by Crippen LogP contribution is 2.34. The van der Waals surface area contributed by atoms with E-state index in [2.05, 4.69) is 90.7 Å². The molecule has 0 amide bonds. The van der Waals surface area contributed by atoms with Crippen LogP contribution in [-0.4, -0.2) is 6.04 Å². The topological polar surface area (TPSA) is 3.24 Å². The van der Waals surface area contributed by atoms with Gasteiger partial charge >= 0.3 is 0 Å². The lowest BCUT2D eigenvalue weighted by Crippen LogP contribution is -2.28. The quantitative estimate of drug-likeness (QED) is 0.634. The van der Waals surface area contributed by atoms with E-state index in [-0.39, 0.29) is 0 Å². The second-order valence-corrected chi connectivity index (χ2v) is 6.33. The van der Waals surface area contributed by atoms with Gasteiger partial charge < -0.3 is 4.90 Å². The Morgan fingerprint density at radius 1 is 0.826 bits per heavy atom. The molecule has 23 heavy (non-hydrogen) atoms. The third kappa shape index (κ3) is 2.63. The highest BCUT2D eigenvalue weighted by atomic mass is 15.2. The zero-order valence-electron chi connectivity index (χ0n) is 13.4. The van der Waals surface area contributed by atoms with Gasteiger partial charge in [-0.3, -0.25) is 0 Å². The van der Waals surface area contributed by atoms with Crippen molar-refractivity contribution in [2.45, 2.75) is 25.9 Å². The highest BCUT2D eigenvalue weighted by molar-refractivity contribution is 5.69. The Bertz CT molecular complexity index is 807. The molecule has 0 fully saturated rings. The van der Waals surface area contributed by atoms with E-state index in [4.69, 9.17) is 0 Å². The van der Waals surface area contributed by atoms with Crippen molar-refractivity contribution in [3.8, 4) is 11.1 Å². The minimum atomic E-state index is 0.552. The Kier molecular flexibility index (Phi) is 3.63. The van der Waals surface area contributed by atoms with E-state index in [1.165, 1.54) is 27.9 Å². The molecule has 0 saturated carbocycles. The van der Waals surface area contributed by atoms with E-state index in [1.807, 2.05) is 0 Å². The second kappa shape index (κ2) is 5.92. The first-order valence-corrected chi connectivity index (χ1v) is 8.31. The van der Waals surface area contributed by atoms with Gasteiger partial charge in [0.25, 0.3) is 0 Å². The lowest BCUT2D eigenvalue weighted by atomic mass is 9.99. The standard InChI is InChI=1S/C22H21N/c1-17-15-19-11-6-8-14-22(19)23(17)16-20-12-5-7-13-21(20)18-9-3-2-4-10-18/h2-14,17H,15-16H2,1H3. The maximum absolute atomic E-state index is 2.54. The van der Waals surface area contributed by atoms with Crippen molar-refractivity contribution in [2.24, 2.45) is 0 Å². The molecule has 4 rings (SSSR count). The highest BCUT2D eigenvalue weighted by Gasteiger charge is 2.25. The normalized spacial score (nSPS) is 16.4. The summed E-state index contributed by atoms with van der Waals surface area (Å²) in [6, 6.07) is 28.8. The van der Waals surface area contributed by atoms with Gasteiger partial charge in [0, 0.05) is 18.3 Å². The molecule has 1 heteroatoms. The Morgan fingerprint density at radius 3 is 2.39 bits per heavy atom. The average Bonchev–Trinajstić information content (AvgIpc) is 2.92. The van der Waals surface area contributed by atoms with Crippen LogP contribution >= 0.6 is 0 Å². The zero-order valence-corrected chi connectivity index (χ0v) is 13.4. The maximum atomic E-state index is 2.54. The number of hydrogen-bond donors (Lipinski definition) is 0. The molecular weight excluding hydrogens is 278 g/mol. The molecule has 0 aromatic heterocycles. The molecule has 1 aliphatic heterocycles. The van der Waals surface area contributed by atoms with Crippen LogP contribution in [0.2, 0.25) is 0 Å². The maximum Gasteiger partial charge on any atom is 0.0438 e. The first-order chi connectivity index (χ1) is 11.3. The van der Waals surface area contributed by atoms with Gasteiger partial charge in [-0.25, -0.2) is 0 Å². The molecule has 0 aliphatic carbocycles. The van der Waals surface area contributed by atoms with Gasteiger partial charge in [0.15, 0.2) is 0 Å². The lowest BCUT2D eigenvalue weighted by Gasteiger charge is -2.26. The van der Waals surface area contributed by atoms with Gasteiger partial charge in [-0.05, 0) is 41.7 Å². The minimum Gasteiger partial charge on any atom is -0.364 e. The SMILES string of the molecule is CC1Cc2ccccc2N1Cc1ccccc1-c1ccccc1. The van der Waals surface area contributed by atoms with E-state index in [1.54, 1.807) is 0 Å². The molecule has 0 spiro atoms. The molecule has 3 aromatic rings. The average molecular weight is 299 g/mol. The van der Waals surface area contributed by atoms with Crippen LogP contribution in [-0.2, 0) is 13.0 Å². The predicted octanol–water partition coefficient (Wildman–Crippen LogP) is 5.30. The summed E-state index contributed by atoms with van der Waals surface area (Å²) < 4.78 is 0. The number of anilines is 1. The van der Waals surface area contributed by atoms with E-state index in [0.717, 1.165) is 13.0 Å². The lowest BCUT2D eigenvalue weighted by molar-refractivity contribution is 0.673. The van der Waals surface area contributed by atoms with Crippen LogP contribution in [0.5, 0.6) is 0 Å². The molecule has 1 heterocycles. The Balaban J connectivity index is 1.71. The van der Waals surface area contributed by atoms with Crippen molar-refractivity contribution >= 4 is 5.69 Å². The van der Waals surface area contributed by atoms with Crippen LogP contribution in [0.3, 0.4) is 0 Å². The van der Waals surface area contributed by atoms with Gasteiger partial charge in [0.05, 0.1) is 0 Å². The number of rotatable bonds is 3. The number of hydrogen-bond acceptors (Lipinski definition) is 1. The molecule has 0 saturated heterocycles. The van der Waals surface area contributed by atoms with Crippen molar-refractivity contribution in [1.29, 1.82) is 0 Å². The van der Waals surface area contributed by atoms with E-state index in [0.29, 0.717) is 6.04 Å². The van der Waals surface area contributed by atoms with Crippen LogP contribution in [0.25, 0.3) is 11.1 Å². The van der Waals surface area contributed by atoms with Crippen LogP contribution in [0, 0.1) is 0 Å². The number of para-hydroxylation sites is 1. The van der Waals surface area contributed by atoms with Crippen molar-refractivity contribution < 1.29 is 0 Å². The van der Waals surface area contributed by atoms with Gasteiger partial charge in [0.1, 0.15) is 0 Å². The van der Waals surface area contributed by atoms with Crippen LogP contribution in [0.15, 0.2) is 78.9 Å². The van der Waals surface area contributed by atoms with Gasteiger partial charge in [-0.15, -0.1) is 0 Å². The van der Waals surface area contributed by atoms with Crippen LogP contribution < -0.4 is 4.90 Å². The molecule has 0 bridgehead atoms. The third-order valence-corrected chi connectivity index (χ3v) is 4.79. The number of benzene rings is 3. The fourth-order valence-electron chi connectivity index (χ4n) is 3.61. The van der Waals surface area contributed by atoms with E-state index < -0.39 is 0 Å². The third-order valence-electron chi connectivity index (χ3n) is 4.79. The van der Waals surface area contributed by atoms with Crippen molar-refractivity contribution in [3.05, 3.63) is 90.0 Å². The smallest absolute Gasteiger partial charge is 0.0438 e. The summed E-state index contributed by atoms with van der Waals surface area (Å²) in [5, 5.41) is 0. The molecule has 3 aromatic carbocycles. The minimum absolute atomic E-state index is 0.552. The molecular formula is C22H21N. The molecule has 1 aliphatic rings.